The van der Waals surface area contributed by atoms with Crippen LogP contribution < -0.4 is 11.2 Å². The van der Waals surface area contributed by atoms with Crippen molar-refractivity contribution in [3.05, 3.63) is 44.0 Å². The molecule has 2 aliphatic heterocycles. The molecule has 2 aliphatic rings. The molecule has 0 amide bonds. The quantitative estimate of drug-likeness (QED) is 0.418. The Balaban J connectivity index is 1.73. The van der Waals surface area contributed by atoms with Crippen LogP contribution in [0.1, 0.15) is 18.2 Å². The molecule has 3 heterocycles. The molecular formula is C14H18N3O8P. The zero-order valence-corrected chi connectivity index (χ0v) is 14.8. The molecule has 2 N–H and O–H groups in total. The van der Waals surface area contributed by atoms with Crippen LogP contribution in [0.4, 0.5) is 0 Å². The molecule has 2 fully saturated rings. The third-order valence-electron chi connectivity index (χ3n) is 4.25. The minimum Gasteiger partial charge on any atom is -0.390 e. The predicted octanol–water partition coefficient (Wildman–Crippen LogP) is -0.0456. The van der Waals surface area contributed by atoms with Gasteiger partial charge < -0.3 is 14.7 Å². The van der Waals surface area contributed by atoms with Crippen molar-refractivity contribution in [2.45, 2.75) is 31.3 Å². The highest BCUT2D eigenvalue weighted by Crippen LogP contribution is 2.55. The largest absolute Gasteiger partial charge is 0.475 e. The Morgan fingerprint density at radius 1 is 1.50 bits per heavy atom. The third-order valence-corrected chi connectivity index (χ3v) is 5.63. The second kappa shape index (κ2) is 7.08. The minimum atomic E-state index is -3.81. The number of ether oxygens (including phenoxy) is 1. The number of hydrogen-bond acceptors (Lipinski definition) is 8. The Hall–Kier alpha value is -1.80. The number of phosphoric ester groups is 1. The first kappa shape index (κ1) is 19.0. The number of rotatable bonds is 4. The fraction of sp³-hybridized carbons (Fsp3) is 0.643. The summed E-state index contributed by atoms with van der Waals surface area (Å²) in [6.07, 6.45) is -0.494. The molecule has 1 aromatic heterocycles. The number of nitrogens with one attached hydrogen (secondary N) is 1. The Bertz CT molecular complexity index is 875. The van der Waals surface area contributed by atoms with E-state index in [1.165, 1.54) is 10.8 Å². The second-order valence-corrected chi connectivity index (χ2v) is 7.75. The van der Waals surface area contributed by atoms with E-state index in [0.717, 1.165) is 0 Å². The van der Waals surface area contributed by atoms with Gasteiger partial charge in [0.1, 0.15) is 18.4 Å². The van der Waals surface area contributed by atoms with Gasteiger partial charge in [-0.1, -0.05) is 0 Å². The molecule has 12 heteroatoms. The van der Waals surface area contributed by atoms with Crippen LogP contribution in [-0.2, 0) is 22.9 Å². The maximum absolute atomic E-state index is 12.2. The van der Waals surface area contributed by atoms with Gasteiger partial charge in [-0.3, -0.25) is 27.9 Å². The molecule has 0 bridgehead atoms. The van der Waals surface area contributed by atoms with Gasteiger partial charge >= 0.3 is 13.5 Å². The molecule has 1 spiro atoms. The van der Waals surface area contributed by atoms with Crippen LogP contribution in [0.25, 0.3) is 4.85 Å². The predicted molar refractivity (Wildman–Crippen MR) is 86.5 cm³/mol. The van der Waals surface area contributed by atoms with E-state index in [0.29, 0.717) is 5.56 Å². The zero-order chi connectivity index (χ0) is 18.9. The van der Waals surface area contributed by atoms with Gasteiger partial charge in [-0.25, -0.2) is 15.9 Å². The van der Waals surface area contributed by atoms with Crippen LogP contribution in [0.3, 0.4) is 0 Å². The summed E-state index contributed by atoms with van der Waals surface area (Å²) < 4.78 is 34.5. The van der Waals surface area contributed by atoms with Gasteiger partial charge in [-0.05, 0) is 6.92 Å². The highest BCUT2D eigenvalue weighted by atomic mass is 31.2. The monoisotopic (exact) mass is 387 g/mol. The van der Waals surface area contributed by atoms with Crippen LogP contribution in [0.15, 0.2) is 15.8 Å². The molecule has 0 radical (unpaired) electrons. The topological polar surface area (TPSA) is 133 Å². The number of hydrogen-bond donors (Lipinski definition) is 2. The number of aryl methyl sites for hydroxylation is 1. The van der Waals surface area contributed by atoms with E-state index in [9.17, 15) is 19.3 Å². The van der Waals surface area contributed by atoms with Crippen molar-refractivity contribution in [2.75, 3.05) is 26.4 Å². The molecule has 2 saturated heterocycles. The lowest BCUT2D eigenvalue weighted by molar-refractivity contribution is -0.166. The lowest BCUT2D eigenvalue weighted by Crippen LogP contribution is -2.50. The molecule has 26 heavy (non-hydrogen) atoms. The molecule has 0 unspecified atom stereocenters. The van der Waals surface area contributed by atoms with Crippen LogP contribution >= 0.6 is 7.82 Å². The first-order valence-corrected chi connectivity index (χ1v) is 9.29. The summed E-state index contributed by atoms with van der Waals surface area (Å²) in [6.45, 7) is 7.57. The van der Waals surface area contributed by atoms with Crippen molar-refractivity contribution < 1.29 is 28.0 Å². The van der Waals surface area contributed by atoms with E-state index in [1.54, 1.807) is 6.92 Å². The van der Waals surface area contributed by atoms with E-state index < -0.39 is 37.0 Å². The standard InChI is InChI=1S/C14H18N3O8P/c1-9-6-17(13(20)16-12(9)19)11-5-10(18)14(25-11)7-23-26(21,24-8-14)22-4-3-15-2/h6,10-11,18H,3-5,7-8H2,1H3,(H,16,19,20)/t10-,11-,14?,26?/m1/s1. The van der Waals surface area contributed by atoms with Gasteiger partial charge in [0.05, 0.1) is 19.3 Å². The Labute approximate surface area is 147 Å². The molecule has 3 rings (SSSR count). The Morgan fingerprint density at radius 3 is 2.85 bits per heavy atom. The molecule has 0 aliphatic carbocycles. The normalized spacial score (nSPS) is 34.0. The maximum atomic E-state index is 12.2. The van der Waals surface area contributed by atoms with Gasteiger partial charge in [0.2, 0.25) is 6.54 Å². The molecule has 2 atom stereocenters. The lowest BCUT2D eigenvalue weighted by atomic mass is 9.99. The second-order valence-electron chi connectivity index (χ2n) is 6.08. The van der Waals surface area contributed by atoms with E-state index in [-0.39, 0.29) is 32.8 Å². The molecule has 0 aromatic carbocycles. The van der Waals surface area contributed by atoms with Crippen LogP contribution in [0, 0.1) is 13.5 Å². The maximum Gasteiger partial charge on any atom is 0.475 e. The van der Waals surface area contributed by atoms with E-state index in [2.05, 4.69) is 9.83 Å². The summed E-state index contributed by atoms with van der Waals surface area (Å²) in [5, 5.41) is 10.4. The van der Waals surface area contributed by atoms with E-state index in [4.69, 9.17) is 24.9 Å². The summed E-state index contributed by atoms with van der Waals surface area (Å²) >= 11 is 0. The summed E-state index contributed by atoms with van der Waals surface area (Å²) in [7, 11) is -3.81. The van der Waals surface area contributed by atoms with E-state index in [1.807, 2.05) is 0 Å². The van der Waals surface area contributed by atoms with Crippen molar-refractivity contribution >= 4 is 7.82 Å². The number of phosphoric acid groups is 1. The number of aromatic amines is 1. The SMILES string of the molecule is [C-]#[N+]CCOP1(=O)OCC2(CO1)O[C@@H](n1cc(C)c(=O)[nH]c1=O)C[C@H]2O. The molecule has 0 saturated carbocycles. The fourth-order valence-electron chi connectivity index (χ4n) is 2.76. The smallest absolute Gasteiger partial charge is 0.390 e. The van der Waals surface area contributed by atoms with Crippen molar-refractivity contribution in [3.8, 4) is 0 Å². The van der Waals surface area contributed by atoms with Crippen molar-refractivity contribution in [1.29, 1.82) is 0 Å². The van der Waals surface area contributed by atoms with Crippen molar-refractivity contribution in [3.63, 3.8) is 0 Å². The van der Waals surface area contributed by atoms with Crippen molar-refractivity contribution in [1.82, 2.24) is 9.55 Å². The molecule has 1 aromatic rings. The van der Waals surface area contributed by atoms with Gasteiger partial charge in [0.15, 0.2) is 0 Å². The van der Waals surface area contributed by atoms with Crippen molar-refractivity contribution in [2.24, 2.45) is 0 Å². The minimum absolute atomic E-state index is 0.0114. The lowest BCUT2D eigenvalue weighted by Gasteiger charge is -2.37. The highest BCUT2D eigenvalue weighted by molar-refractivity contribution is 7.48. The zero-order valence-electron chi connectivity index (χ0n) is 13.9. The Kier molecular flexibility index (Phi) is 5.16. The van der Waals surface area contributed by atoms with E-state index >= 15 is 0 Å². The first-order chi connectivity index (χ1) is 12.3. The molecule has 142 valence electrons. The first-order valence-electron chi connectivity index (χ1n) is 7.83. The van der Waals surface area contributed by atoms with Crippen LogP contribution in [0.5, 0.6) is 0 Å². The summed E-state index contributed by atoms with van der Waals surface area (Å²) in [4.78, 5) is 28.7. The Morgan fingerprint density at radius 2 is 2.19 bits per heavy atom. The average Bonchev–Trinajstić information content (AvgIpc) is 2.91. The average molecular weight is 387 g/mol. The van der Waals surface area contributed by atoms with Crippen LogP contribution in [0.2, 0.25) is 0 Å². The summed E-state index contributed by atoms with van der Waals surface area (Å²) in [5.74, 6) is 0. The summed E-state index contributed by atoms with van der Waals surface area (Å²) in [6, 6.07) is 0. The van der Waals surface area contributed by atoms with Gasteiger partial charge in [-0.2, -0.15) is 0 Å². The summed E-state index contributed by atoms with van der Waals surface area (Å²) in [5.41, 5.74) is -2.16. The van der Waals surface area contributed by atoms with Gasteiger partial charge in [0, 0.05) is 18.2 Å². The van der Waals surface area contributed by atoms with Crippen LogP contribution in [-0.4, -0.2) is 52.7 Å². The molecule has 11 nitrogen and oxygen atoms in total. The number of aliphatic hydroxyl groups excluding tert-OH is 1. The number of nitrogens with zero attached hydrogens (tertiary/aromatic N) is 2. The number of aliphatic hydroxyl groups is 1. The number of aromatic nitrogens is 2. The van der Waals surface area contributed by atoms with Gasteiger partial charge in [0.25, 0.3) is 5.56 Å². The molecular weight excluding hydrogens is 369 g/mol. The fourth-order valence-corrected chi connectivity index (χ4v) is 4.04. The third kappa shape index (κ3) is 3.53. The van der Waals surface area contributed by atoms with Gasteiger partial charge in [-0.15, -0.1) is 0 Å². The number of H-pyrrole nitrogens is 1. The highest BCUT2D eigenvalue weighted by Gasteiger charge is 2.55.